The molecule has 0 bridgehead atoms. The third-order valence-corrected chi connectivity index (χ3v) is 3.51. The second-order valence-corrected chi connectivity index (χ2v) is 5.24. The maximum atomic E-state index is 6.26. The molecule has 100 valence electrons. The topological polar surface area (TPSA) is 29.3 Å². The molecule has 2 nitrogen and oxygen atoms in total. The molecule has 2 rings (SSSR count). The van der Waals surface area contributed by atoms with Crippen molar-refractivity contribution in [3.05, 3.63) is 64.7 Å². The van der Waals surface area contributed by atoms with Crippen LogP contribution in [0.15, 0.2) is 48.5 Å². The van der Waals surface area contributed by atoms with Crippen LogP contribution >= 0.6 is 11.6 Å². The van der Waals surface area contributed by atoms with Crippen LogP contribution in [0, 0.1) is 0 Å². The first-order valence-corrected chi connectivity index (χ1v) is 6.76. The second-order valence-electron chi connectivity index (χ2n) is 4.84. The first-order valence-electron chi connectivity index (χ1n) is 6.38. The lowest BCUT2D eigenvalue weighted by molar-refractivity contribution is 0.817. The largest absolute Gasteiger partial charge is 0.370 e. The summed E-state index contributed by atoms with van der Waals surface area (Å²) < 4.78 is 0. The number of halogens is 1. The van der Waals surface area contributed by atoms with Crippen LogP contribution in [0.5, 0.6) is 0 Å². The van der Waals surface area contributed by atoms with Crippen LogP contribution in [0.2, 0.25) is 5.02 Å². The van der Waals surface area contributed by atoms with Gasteiger partial charge in [0.1, 0.15) is 0 Å². The fourth-order valence-electron chi connectivity index (χ4n) is 2.07. The van der Waals surface area contributed by atoms with Gasteiger partial charge in [0.15, 0.2) is 0 Å². The molecule has 0 spiro atoms. The molecule has 0 amide bonds. The van der Waals surface area contributed by atoms with E-state index in [4.69, 9.17) is 17.3 Å². The van der Waals surface area contributed by atoms with E-state index in [0.717, 1.165) is 22.8 Å². The average Bonchev–Trinajstić information content (AvgIpc) is 2.39. The summed E-state index contributed by atoms with van der Waals surface area (Å²) in [6.45, 7) is 2.79. The van der Waals surface area contributed by atoms with Gasteiger partial charge >= 0.3 is 0 Å². The molecular formula is C16H19ClN2. The standard InChI is InChI=1S/C16H19ClN2/c1-12(18)15-9-8-14(10-16(15)17)19(2)11-13-6-4-3-5-7-13/h3-10,12H,11,18H2,1-2H3. The van der Waals surface area contributed by atoms with Gasteiger partial charge in [-0.1, -0.05) is 48.0 Å². The Morgan fingerprint density at radius 3 is 2.42 bits per heavy atom. The molecule has 2 N–H and O–H groups in total. The fraction of sp³-hybridized carbons (Fsp3) is 0.250. The Morgan fingerprint density at radius 2 is 1.84 bits per heavy atom. The van der Waals surface area contributed by atoms with Crippen LogP contribution in [0.3, 0.4) is 0 Å². The summed E-state index contributed by atoms with van der Waals surface area (Å²) in [5, 5.41) is 0.729. The first kappa shape index (κ1) is 13.9. The number of anilines is 1. The predicted octanol–water partition coefficient (Wildman–Crippen LogP) is 4.00. The number of rotatable bonds is 4. The van der Waals surface area contributed by atoms with Gasteiger partial charge in [-0.2, -0.15) is 0 Å². The normalized spacial score (nSPS) is 12.2. The van der Waals surface area contributed by atoms with E-state index in [1.165, 1.54) is 5.56 Å². The summed E-state index contributed by atoms with van der Waals surface area (Å²) >= 11 is 6.26. The number of benzene rings is 2. The molecule has 0 radical (unpaired) electrons. The minimum absolute atomic E-state index is 0.0408. The van der Waals surface area contributed by atoms with Gasteiger partial charge in [-0.3, -0.25) is 0 Å². The molecule has 0 aromatic heterocycles. The summed E-state index contributed by atoms with van der Waals surface area (Å²) in [5.74, 6) is 0. The van der Waals surface area contributed by atoms with Crippen molar-refractivity contribution >= 4 is 17.3 Å². The Labute approximate surface area is 119 Å². The van der Waals surface area contributed by atoms with Crippen LogP contribution < -0.4 is 10.6 Å². The van der Waals surface area contributed by atoms with Crippen molar-refractivity contribution in [3.8, 4) is 0 Å². The third kappa shape index (κ3) is 3.49. The number of hydrogen-bond acceptors (Lipinski definition) is 2. The van der Waals surface area contributed by atoms with E-state index < -0.39 is 0 Å². The summed E-state index contributed by atoms with van der Waals surface area (Å²) in [6.07, 6.45) is 0. The molecule has 0 aliphatic rings. The van der Waals surface area contributed by atoms with Crippen molar-refractivity contribution < 1.29 is 0 Å². The summed E-state index contributed by atoms with van der Waals surface area (Å²) in [7, 11) is 2.06. The number of nitrogens with zero attached hydrogens (tertiary/aromatic N) is 1. The molecule has 1 unspecified atom stereocenters. The Kier molecular flexibility index (Phi) is 4.46. The van der Waals surface area contributed by atoms with Crippen LogP contribution in [0.4, 0.5) is 5.69 Å². The van der Waals surface area contributed by atoms with Crippen molar-refractivity contribution in [1.29, 1.82) is 0 Å². The zero-order valence-electron chi connectivity index (χ0n) is 11.3. The van der Waals surface area contributed by atoms with E-state index >= 15 is 0 Å². The third-order valence-electron chi connectivity index (χ3n) is 3.18. The lowest BCUT2D eigenvalue weighted by Gasteiger charge is -2.21. The van der Waals surface area contributed by atoms with Gasteiger partial charge in [0, 0.05) is 30.3 Å². The summed E-state index contributed by atoms with van der Waals surface area (Å²) in [5.41, 5.74) is 9.22. The predicted molar refractivity (Wildman–Crippen MR) is 82.6 cm³/mol. The van der Waals surface area contributed by atoms with E-state index in [0.29, 0.717) is 0 Å². The van der Waals surface area contributed by atoms with Crippen molar-refractivity contribution in [2.24, 2.45) is 5.73 Å². The van der Waals surface area contributed by atoms with Crippen LogP contribution in [0.25, 0.3) is 0 Å². The number of nitrogens with two attached hydrogens (primary N) is 1. The molecule has 19 heavy (non-hydrogen) atoms. The van der Waals surface area contributed by atoms with Crippen molar-refractivity contribution in [2.45, 2.75) is 19.5 Å². The Balaban J connectivity index is 2.16. The number of hydrogen-bond donors (Lipinski definition) is 1. The molecule has 1 atom stereocenters. The smallest absolute Gasteiger partial charge is 0.0474 e. The highest BCUT2D eigenvalue weighted by Gasteiger charge is 2.08. The highest BCUT2D eigenvalue weighted by molar-refractivity contribution is 6.31. The first-order chi connectivity index (χ1) is 9.08. The fourth-order valence-corrected chi connectivity index (χ4v) is 2.42. The molecular weight excluding hydrogens is 256 g/mol. The molecule has 3 heteroatoms. The van der Waals surface area contributed by atoms with E-state index in [1.54, 1.807) is 0 Å². The van der Waals surface area contributed by atoms with Crippen molar-refractivity contribution in [1.82, 2.24) is 0 Å². The highest BCUT2D eigenvalue weighted by atomic mass is 35.5. The van der Waals surface area contributed by atoms with Gasteiger partial charge in [-0.15, -0.1) is 0 Å². The average molecular weight is 275 g/mol. The van der Waals surface area contributed by atoms with Crippen molar-refractivity contribution in [2.75, 3.05) is 11.9 Å². The van der Waals surface area contributed by atoms with Crippen LogP contribution in [-0.2, 0) is 6.54 Å². The van der Waals surface area contributed by atoms with E-state index in [1.807, 2.05) is 25.1 Å². The molecule has 0 aliphatic heterocycles. The van der Waals surface area contributed by atoms with E-state index in [-0.39, 0.29) is 6.04 Å². The van der Waals surface area contributed by atoms with Gasteiger partial charge in [-0.05, 0) is 30.2 Å². The molecule has 2 aromatic carbocycles. The SMILES string of the molecule is CC(N)c1ccc(N(C)Cc2ccccc2)cc1Cl. The Bertz CT molecular complexity index is 538. The van der Waals surface area contributed by atoms with E-state index in [2.05, 4.69) is 42.3 Å². The Hall–Kier alpha value is -1.51. The molecule has 2 aromatic rings. The van der Waals surface area contributed by atoms with Crippen LogP contribution in [0.1, 0.15) is 24.1 Å². The zero-order valence-corrected chi connectivity index (χ0v) is 12.1. The molecule has 0 saturated heterocycles. The van der Waals surface area contributed by atoms with Gasteiger partial charge in [-0.25, -0.2) is 0 Å². The highest BCUT2D eigenvalue weighted by Crippen LogP contribution is 2.27. The maximum Gasteiger partial charge on any atom is 0.0474 e. The minimum Gasteiger partial charge on any atom is -0.370 e. The summed E-state index contributed by atoms with van der Waals surface area (Å²) in [4.78, 5) is 2.17. The monoisotopic (exact) mass is 274 g/mol. The van der Waals surface area contributed by atoms with E-state index in [9.17, 15) is 0 Å². The van der Waals surface area contributed by atoms with Crippen molar-refractivity contribution in [3.63, 3.8) is 0 Å². The molecule has 0 heterocycles. The van der Waals surface area contributed by atoms with Gasteiger partial charge in [0.2, 0.25) is 0 Å². The molecule has 0 aliphatic carbocycles. The second kappa shape index (κ2) is 6.09. The maximum absolute atomic E-state index is 6.26. The quantitative estimate of drug-likeness (QED) is 0.913. The molecule has 0 fully saturated rings. The van der Waals surface area contributed by atoms with Gasteiger partial charge in [0.25, 0.3) is 0 Å². The van der Waals surface area contributed by atoms with Gasteiger partial charge < -0.3 is 10.6 Å². The zero-order chi connectivity index (χ0) is 13.8. The Morgan fingerprint density at radius 1 is 1.16 bits per heavy atom. The van der Waals surface area contributed by atoms with Gasteiger partial charge in [0.05, 0.1) is 0 Å². The lowest BCUT2D eigenvalue weighted by Crippen LogP contribution is -2.16. The van der Waals surface area contributed by atoms with Crippen LogP contribution in [-0.4, -0.2) is 7.05 Å². The molecule has 0 saturated carbocycles. The summed E-state index contributed by atoms with van der Waals surface area (Å²) in [6, 6.07) is 16.4. The minimum atomic E-state index is -0.0408. The lowest BCUT2D eigenvalue weighted by atomic mass is 10.1.